The van der Waals surface area contributed by atoms with E-state index in [0.29, 0.717) is 12.1 Å². The predicted molar refractivity (Wildman–Crippen MR) is 103 cm³/mol. The van der Waals surface area contributed by atoms with Crippen LogP contribution in [0.2, 0.25) is 0 Å². The Kier molecular flexibility index (Phi) is 5.72. The van der Waals surface area contributed by atoms with Crippen LogP contribution in [0.25, 0.3) is 0 Å². The standard InChI is InChI=1S/C20H22N2O4S/c1-15(7-8-16-5-3-2-4-6-16)21-27(25,26)18-11-9-17(10-12-18)22-19(23)13-14-20(22)24/h2-6,9-12,15,21H,7-8,13-14H2,1H3/t15-/m0/s1. The lowest BCUT2D eigenvalue weighted by atomic mass is 10.1. The maximum absolute atomic E-state index is 12.6. The molecule has 0 radical (unpaired) electrons. The van der Waals surface area contributed by atoms with E-state index in [9.17, 15) is 18.0 Å². The summed E-state index contributed by atoms with van der Waals surface area (Å²) < 4.78 is 27.8. The van der Waals surface area contributed by atoms with E-state index in [1.165, 1.54) is 24.3 Å². The molecule has 7 heteroatoms. The Balaban J connectivity index is 1.64. The smallest absolute Gasteiger partial charge is 0.240 e. The van der Waals surface area contributed by atoms with Crippen molar-refractivity contribution in [2.45, 2.75) is 43.5 Å². The van der Waals surface area contributed by atoms with Crippen LogP contribution in [0.5, 0.6) is 0 Å². The van der Waals surface area contributed by atoms with E-state index in [0.717, 1.165) is 16.9 Å². The van der Waals surface area contributed by atoms with Gasteiger partial charge in [0.1, 0.15) is 0 Å². The molecular formula is C20H22N2O4S. The van der Waals surface area contributed by atoms with Gasteiger partial charge in [-0.2, -0.15) is 0 Å². The molecule has 1 aliphatic rings. The van der Waals surface area contributed by atoms with Crippen LogP contribution in [-0.2, 0) is 26.0 Å². The van der Waals surface area contributed by atoms with Gasteiger partial charge in [0.25, 0.3) is 0 Å². The minimum Gasteiger partial charge on any atom is -0.274 e. The lowest BCUT2D eigenvalue weighted by Gasteiger charge is -2.16. The number of benzene rings is 2. The Labute approximate surface area is 159 Å². The lowest BCUT2D eigenvalue weighted by molar-refractivity contribution is -0.121. The van der Waals surface area contributed by atoms with Crippen LogP contribution in [0.15, 0.2) is 59.5 Å². The molecule has 142 valence electrons. The summed E-state index contributed by atoms with van der Waals surface area (Å²) in [7, 11) is -3.67. The SMILES string of the molecule is C[C@@H](CCc1ccccc1)NS(=O)(=O)c1ccc(N2C(=O)CCC2=O)cc1. The van der Waals surface area contributed by atoms with Crippen molar-refractivity contribution in [1.82, 2.24) is 4.72 Å². The maximum Gasteiger partial charge on any atom is 0.240 e. The molecule has 2 amide bonds. The maximum atomic E-state index is 12.6. The van der Waals surface area contributed by atoms with Crippen molar-refractivity contribution < 1.29 is 18.0 Å². The summed E-state index contributed by atoms with van der Waals surface area (Å²) in [4.78, 5) is 24.8. The first-order valence-corrected chi connectivity index (χ1v) is 10.4. The highest BCUT2D eigenvalue weighted by molar-refractivity contribution is 7.89. The Bertz CT molecular complexity index is 908. The molecule has 0 aliphatic carbocycles. The molecule has 1 N–H and O–H groups in total. The highest BCUT2D eigenvalue weighted by Gasteiger charge is 2.30. The summed E-state index contributed by atoms with van der Waals surface area (Å²) in [5, 5.41) is 0. The zero-order valence-electron chi connectivity index (χ0n) is 15.1. The van der Waals surface area contributed by atoms with Gasteiger partial charge in [-0.3, -0.25) is 14.5 Å². The number of nitrogens with one attached hydrogen (secondary N) is 1. The van der Waals surface area contributed by atoms with E-state index in [4.69, 9.17) is 0 Å². The highest BCUT2D eigenvalue weighted by Crippen LogP contribution is 2.24. The number of imide groups is 1. The normalized spacial score (nSPS) is 16.0. The van der Waals surface area contributed by atoms with E-state index in [1.54, 1.807) is 0 Å². The zero-order chi connectivity index (χ0) is 19.4. The van der Waals surface area contributed by atoms with Crippen LogP contribution in [0.1, 0.15) is 31.7 Å². The highest BCUT2D eigenvalue weighted by atomic mass is 32.2. The average molecular weight is 386 g/mol. The summed E-state index contributed by atoms with van der Waals surface area (Å²) in [6.07, 6.45) is 1.85. The fourth-order valence-corrected chi connectivity index (χ4v) is 4.34. The van der Waals surface area contributed by atoms with Gasteiger partial charge in [-0.25, -0.2) is 13.1 Å². The fourth-order valence-electron chi connectivity index (χ4n) is 3.06. The number of anilines is 1. The molecule has 0 saturated carbocycles. The van der Waals surface area contributed by atoms with Gasteiger partial charge in [0.2, 0.25) is 21.8 Å². The van der Waals surface area contributed by atoms with E-state index in [-0.39, 0.29) is 35.6 Å². The summed E-state index contributed by atoms with van der Waals surface area (Å²) in [5.41, 5.74) is 1.56. The Hall–Kier alpha value is -2.51. The molecule has 1 saturated heterocycles. The molecule has 27 heavy (non-hydrogen) atoms. The molecular weight excluding hydrogens is 364 g/mol. The van der Waals surface area contributed by atoms with Crippen molar-refractivity contribution in [3.8, 4) is 0 Å². The topological polar surface area (TPSA) is 83.6 Å². The Morgan fingerprint density at radius 2 is 1.56 bits per heavy atom. The minimum absolute atomic E-state index is 0.108. The summed E-state index contributed by atoms with van der Waals surface area (Å²) in [6, 6.07) is 15.5. The van der Waals surface area contributed by atoms with Crippen molar-refractivity contribution in [1.29, 1.82) is 0 Å². The molecule has 1 aliphatic heterocycles. The number of sulfonamides is 1. The predicted octanol–water partition coefficient (Wildman–Crippen LogP) is 2.64. The molecule has 0 unspecified atom stereocenters. The quantitative estimate of drug-likeness (QED) is 0.742. The third-order valence-corrected chi connectivity index (χ3v) is 6.13. The molecule has 0 aromatic heterocycles. The lowest BCUT2D eigenvalue weighted by Crippen LogP contribution is -2.33. The van der Waals surface area contributed by atoms with Crippen molar-refractivity contribution in [3.63, 3.8) is 0 Å². The van der Waals surface area contributed by atoms with Crippen LogP contribution in [-0.4, -0.2) is 26.3 Å². The summed E-state index contributed by atoms with van der Waals surface area (Å²) >= 11 is 0. The number of aryl methyl sites for hydroxylation is 1. The molecule has 1 atom stereocenters. The second-order valence-electron chi connectivity index (χ2n) is 6.66. The molecule has 2 aromatic rings. The second kappa shape index (κ2) is 8.02. The van der Waals surface area contributed by atoms with Gasteiger partial charge < -0.3 is 0 Å². The van der Waals surface area contributed by atoms with Gasteiger partial charge >= 0.3 is 0 Å². The molecule has 1 fully saturated rings. The largest absolute Gasteiger partial charge is 0.274 e. The summed E-state index contributed by atoms with van der Waals surface area (Å²) in [6.45, 7) is 1.83. The van der Waals surface area contributed by atoms with Crippen molar-refractivity contribution in [2.24, 2.45) is 0 Å². The van der Waals surface area contributed by atoms with Gasteiger partial charge in [0, 0.05) is 18.9 Å². The molecule has 6 nitrogen and oxygen atoms in total. The molecule has 0 spiro atoms. The van der Waals surface area contributed by atoms with Gasteiger partial charge in [-0.15, -0.1) is 0 Å². The molecule has 2 aromatic carbocycles. The summed E-state index contributed by atoms with van der Waals surface area (Å²) in [5.74, 6) is -0.522. The minimum atomic E-state index is -3.67. The Morgan fingerprint density at radius 3 is 2.15 bits per heavy atom. The first-order valence-electron chi connectivity index (χ1n) is 8.89. The first kappa shape index (κ1) is 19.3. The number of amides is 2. The number of nitrogens with zero attached hydrogens (tertiary/aromatic N) is 1. The van der Waals surface area contributed by atoms with Gasteiger partial charge in [-0.1, -0.05) is 30.3 Å². The van der Waals surface area contributed by atoms with E-state index in [1.807, 2.05) is 37.3 Å². The van der Waals surface area contributed by atoms with E-state index in [2.05, 4.69) is 4.72 Å². The van der Waals surface area contributed by atoms with Crippen molar-refractivity contribution >= 4 is 27.5 Å². The van der Waals surface area contributed by atoms with Crippen LogP contribution in [0.4, 0.5) is 5.69 Å². The van der Waals surface area contributed by atoms with Gasteiger partial charge in [0.15, 0.2) is 0 Å². The Morgan fingerprint density at radius 1 is 0.963 bits per heavy atom. The van der Waals surface area contributed by atoms with Crippen LogP contribution >= 0.6 is 0 Å². The number of rotatable bonds is 7. The van der Waals surface area contributed by atoms with Crippen LogP contribution in [0, 0.1) is 0 Å². The average Bonchev–Trinajstić information content (AvgIpc) is 2.99. The van der Waals surface area contributed by atoms with E-state index >= 15 is 0 Å². The van der Waals surface area contributed by atoms with E-state index < -0.39 is 10.0 Å². The first-order chi connectivity index (χ1) is 12.9. The number of hydrogen-bond acceptors (Lipinski definition) is 4. The molecule has 3 rings (SSSR count). The molecule has 0 bridgehead atoms. The number of carbonyl (C=O) groups excluding carboxylic acids is 2. The number of hydrogen-bond donors (Lipinski definition) is 1. The van der Waals surface area contributed by atoms with Gasteiger partial charge in [0.05, 0.1) is 10.6 Å². The van der Waals surface area contributed by atoms with Gasteiger partial charge in [-0.05, 0) is 49.6 Å². The monoisotopic (exact) mass is 386 g/mol. The van der Waals surface area contributed by atoms with Crippen LogP contribution in [0.3, 0.4) is 0 Å². The molecule has 1 heterocycles. The van der Waals surface area contributed by atoms with Crippen LogP contribution < -0.4 is 9.62 Å². The number of carbonyl (C=O) groups is 2. The second-order valence-corrected chi connectivity index (χ2v) is 8.38. The third kappa shape index (κ3) is 4.61. The van der Waals surface area contributed by atoms with Crippen molar-refractivity contribution in [3.05, 3.63) is 60.2 Å². The van der Waals surface area contributed by atoms with Crippen molar-refractivity contribution in [2.75, 3.05) is 4.90 Å². The third-order valence-electron chi connectivity index (χ3n) is 4.52. The fraction of sp³-hybridized carbons (Fsp3) is 0.300. The zero-order valence-corrected chi connectivity index (χ0v) is 15.9.